The molecule has 0 saturated heterocycles. The Morgan fingerprint density at radius 2 is 2.15 bits per heavy atom. The summed E-state index contributed by atoms with van der Waals surface area (Å²) in [7, 11) is 1.96. The predicted molar refractivity (Wildman–Crippen MR) is 58.1 cm³/mol. The normalized spacial score (nSPS) is 13.6. The van der Waals surface area contributed by atoms with Crippen LogP contribution in [0.5, 0.6) is 0 Å². The molecule has 13 heavy (non-hydrogen) atoms. The van der Waals surface area contributed by atoms with Crippen LogP contribution < -0.4 is 5.32 Å². The first kappa shape index (κ1) is 10.7. The molecule has 1 unspecified atom stereocenters. The van der Waals surface area contributed by atoms with Gasteiger partial charge in [0.2, 0.25) is 0 Å². The van der Waals surface area contributed by atoms with Gasteiger partial charge in [0.1, 0.15) is 0 Å². The van der Waals surface area contributed by atoms with Crippen molar-refractivity contribution in [2.45, 2.75) is 33.2 Å². The van der Waals surface area contributed by atoms with E-state index in [1.165, 1.54) is 10.7 Å². The predicted octanol–water partition coefficient (Wildman–Crippen LogP) is 2.62. The van der Waals surface area contributed by atoms with Crippen molar-refractivity contribution < 1.29 is 0 Å². The zero-order chi connectivity index (χ0) is 9.84. The lowest BCUT2D eigenvalue weighted by molar-refractivity contribution is 0.618. The molecule has 0 aromatic carbocycles. The van der Waals surface area contributed by atoms with Crippen LogP contribution in [0.2, 0.25) is 0 Å². The molecule has 0 aliphatic rings. The van der Waals surface area contributed by atoms with Gasteiger partial charge in [-0.2, -0.15) is 0 Å². The summed E-state index contributed by atoms with van der Waals surface area (Å²) in [5, 5.41) is 6.60. The summed E-state index contributed by atoms with van der Waals surface area (Å²) in [5.74, 6) is 0.698. The highest BCUT2D eigenvalue weighted by atomic mass is 32.1. The summed E-state index contributed by atoms with van der Waals surface area (Å²) in [5.41, 5.74) is 1.17. The second kappa shape index (κ2) is 4.72. The molecule has 0 radical (unpaired) electrons. The van der Waals surface area contributed by atoms with Crippen LogP contribution in [0.3, 0.4) is 0 Å². The van der Waals surface area contributed by atoms with Gasteiger partial charge in [0, 0.05) is 17.8 Å². The molecule has 2 nitrogen and oxygen atoms in total. The quantitative estimate of drug-likeness (QED) is 0.804. The van der Waals surface area contributed by atoms with Crippen LogP contribution in [0.25, 0.3) is 0 Å². The maximum absolute atomic E-state index is 4.58. The molecule has 0 amide bonds. The molecule has 1 rings (SSSR count). The van der Waals surface area contributed by atoms with Crippen molar-refractivity contribution in [3.63, 3.8) is 0 Å². The molecule has 1 aromatic heterocycles. The van der Waals surface area contributed by atoms with E-state index in [2.05, 4.69) is 36.5 Å². The van der Waals surface area contributed by atoms with E-state index in [0.29, 0.717) is 12.0 Å². The van der Waals surface area contributed by atoms with Crippen LogP contribution in [0.1, 0.15) is 37.5 Å². The summed E-state index contributed by atoms with van der Waals surface area (Å²) >= 11 is 1.77. The van der Waals surface area contributed by atoms with Crippen LogP contribution in [0.15, 0.2) is 5.38 Å². The highest BCUT2D eigenvalue weighted by molar-refractivity contribution is 7.09. The summed E-state index contributed by atoms with van der Waals surface area (Å²) in [4.78, 5) is 4.58. The number of hydrogen-bond acceptors (Lipinski definition) is 3. The van der Waals surface area contributed by atoms with Gasteiger partial charge in [0.15, 0.2) is 0 Å². The minimum absolute atomic E-state index is 0.372. The Morgan fingerprint density at radius 3 is 2.69 bits per heavy atom. The van der Waals surface area contributed by atoms with Crippen molar-refractivity contribution in [1.82, 2.24) is 10.3 Å². The molecule has 1 aromatic rings. The molecular formula is C10H18N2S. The van der Waals surface area contributed by atoms with Gasteiger partial charge in [0.05, 0.1) is 10.7 Å². The fourth-order valence-electron chi connectivity index (χ4n) is 1.11. The summed E-state index contributed by atoms with van der Waals surface area (Å²) in [6, 6.07) is 0.372. The van der Waals surface area contributed by atoms with Crippen molar-refractivity contribution >= 4 is 11.3 Å². The van der Waals surface area contributed by atoms with Crippen LogP contribution in [-0.4, -0.2) is 12.0 Å². The molecular weight excluding hydrogens is 180 g/mol. The van der Waals surface area contributed by atoms with Gasteiger partial charge in [-0.05, 0) is 19.9 Å². The first-order chi connectivity index (χ1) is 6.13. The number of rotatable bonds is 4. The monoisotopic (exact) mass is 198 g/mol. The number of hydrogen-bond donors (Lipinski definition) is 1. The average Bonchev–Trinajstić information content (AvgIpc) is 2.50. The van der Waals surface area contributed by atoms with E-state index < -0.39 is 0 Å². The third-order valence-electron chi connectivity index (χ3n) is 2.03. The Labute approximate surface area is 84.4 Å². The van der Waals surface area contributed by atoms with Crippen molar-refractivity contribution in [3.05, 3.63) is 16.1 Å². The molecule has 1 heterocycles. The van der Waals surface area contributed by atoms with E-state index in [1.807, 2.05) is 7.05 Å². The lowest BCUT2D eigenvalue weighted by Gasteiger charge is -2.05. The van der Waals surface area contributed by atoms with E-state index in [-0.39, 0.29) is 0 Å². The van der Waals surface area contributed by atoms with E-state index in [1.54, 1.807) is 11.3 Å². The summed E-state index contributed by atoms with van der Waals surface area (Å²) < 4.78 is 0. The Bertz CT molecular complexity index is 255. The zero-order valence-electron chi connectivity index (χ0n) is 8.79. The fourth-order valence-corrected chi connectivity index (χ4v) is 2.22. The molecule has 0 spiro atoms. The Balaban J connectivity index is 2.63. The molecule has 1 atom stereocenters. The van der Waals surface area contributed by atoms with Gasteiger partial charge in [0.25, 0.3) is 0 Å². The number of thiazole rings is 1. The van der Waals surface area contributed by atoms with Crippen LogP contribution in [-0.2, 0) is 6.42 Å². The van der Waals surface area contributed by atoms with Gasteiger partial charge in [-0.1, -0.05) is 13.8 Å². The van der Waals surface area contributed by atoms with Crippen molar-refractivity contribution in [2.24, 2.45) is 5.92 Å². The molecule has 74 valence electrons. The summed E-state index contributed by atoms with van der Waals surface area (Å²) in [6.07, 6.45) is 1.10. The van der Waals surface area contributed by atoms with Crippen molar-refractivity contribution in [3.8, 4) is 0 Å². The van der Waals surface area contributed by atoms with E-state index in [4.69, 9.17) is 0 Å². The SMILES string of the molecule is CNC(C)c1csc(CC(C)C)n1. The van der Waals surface area contributed by atoms with E-state index >= 15 is 0 Å². The third kappa shape index (κ3) is 3.08. The van der Waals surface area contributed by atoms with Crippen LogP contribution in [0, 0.1) is 5.92 Å². The van der Waals surface area contributed by atoms with E-state index in [0.717, 1.165) is 6.42 Å². The second-order valence-electron chi connectivity index (χ2n) is 3.77. The van der Waals surface area contributed by atoms with Gasteiger partial charge in [-0.3, -0.25) is 0 Å². The maximum Gasteiger partial charge on any atom is 0.0931 e. The van der Waals surface area contributed by atoms with Crippen LogP contribution in [0.4, 0.5) is 0 Å². The van der Waals surface area contributed by atoms with Crippen molar-refractivity contribution in [1.29, 1.82) is 0 Å². The van der Waals surface area contributed by atoms with Gasteiger partial charge in [-0.25, -0.2) is 4.98 Å². The van der Waals surface area contributed by atoms with Crippen molar-refractivity contribution in [2.75, 3.05) is 7.05 Å². The molecule has 0 aliphatic heterocycles. The lowest BCUT2D eigenvalue weighted by Crippen LogP contribution is -2.12. The first-order valence-corrected chi connectivity index (χ1v) is 5.63. The highest BCUT2D eigenvalue weighted by Crippen LogP contribution is 2.18. The van der Waals surface area contributed by atoms with Gasteiger partial charge in [-0.15, -0.1) is 11.3 Å². The largest absolute Gasteiger partial charge is 0.312 e. The standard InChI is InChI=1S/C10H18N2S/c1-7(2)5-10-12-9(6-13-10)8(3)11-4/h6-8,11H,5H2,1-4H3. The third-order valence-corrected chi connectivity index (χ3v) is 2.92. The van der Waals surface area contributed by atoms with E-state index in [9.17, 15) is 0 Å². The second-order valence-corrected chi connectivity index (χ2v) is 4.72. The van der Waals surface area contributed by atoms with Crippen LogP contribution >= 0.6 is 11.3 Å². The zero-order valence-corrected chi connectivity index (χ0v) is 9.61. The topological polar surface area (TPSA) is 24.9 Å². The summed E-state index contributed by atoms with van der Waals surface area (Å²) in [6.45, 7) is 6.58. The minimum atomic E-state index is 0.372. The molecule has 0 saturated carbocycles. The number of nitrogens with one attached hydrogen (secondary N) is 1. The maximum atomic E-state index is 4.58. The Hall–Kier alpha value is -0.410. The van der Waals surface area contributed by atoms with Gasteiger partial charge < -0.3 is 5.32 Å². The molecule has 0 fully saturated rings. The minimum Gasteiger partial charge on any atom is -0.312 e. The smallest absolute Gasteiger partial charge is 0.0931 e. The first-order valence-electron chi connectivity index (χ1n) is 4.75. The number of aromatic nitrogens is 1. The van der Waals surface area contributed by atoms with Gasteiger partial charge >= 0.3 is 0 Å². The Morgan fingerprint density at radius 1 is 1.46 bits per heavy atom. The fraction of sp³-hybridized carbons (Fsp3) is 0.700. The molecule has 0 bridgehead atoms. The molecule has 0 aliphatic carbocycles. The Kier molecular flexibility index (Phi) is 3.88. The average molecular weight is 198 g/mol. The molecule has 1 N–H and O–H groups in total. The lowest BCUT2D eigenvalue weighted by atomic mass is 10.1. The number of nitrogens with zero attached hydrogens (tertiary/aromatic N) is 1. The highest BCUT2D eigenvalue weighted by Gasteiger charge is 2.08. The molecule has 3 heteroatoms.